The van der Waals surface area contributed by atoms with Crippen LogP contribution in [0.4, 0.5) is 32.0 Å². The van der Waals surface area contributed by atoms with Gasteiger partial charge in [0.1, 0.15) is 11.9 Å². The molecule has 2 aliphatic carbocycles. The van der Waals surface area contributed by atoms with Crippen LogP contribution in [0.3, 0.4) is 0 Å². The zero-order valence-electron chi connectivity index (χ0n) is 21.5. The number of aliphatic hydroxyl groups is 1. The molecule has 0 amide bonds. The summed E-state index contributed by atoms with van der Waals surface area (Å²) in [7, 11) is 1.56. The summed E-state index contributed by atoms with van der Waals surface area (Å²) in [4.78, 5) is 1.58. The van der Waals surface area contributed by atoms with Crippen LogP contribution >= 0.6 is 0 Å². The summed E-state index contributed by atoms with van der Waals surface area (Å²) in [6, 6.07) is 6.06. The first-order valence-electron chi connectivity index (χ1n) is 12.7. The van der Waals surface area contributed by atoms with Gasteiger partial charge in [-0.2, -0.15) is 26.3 Å². The highest BCUT2D eigenvalue weighted by Gasteiger charge is 2.48. The Labute approximate surface area is 222 Å². The number of nitrogens with two attached hydrogens (primary N) is 1. The molecule has 5 rings (SSSR count). The van der Waals surface area contributed by atoms with Gasteiger partial charge < -0.3 is 20.3 Å². The topological polar surface area (TPSA) is 68.0 Å². The van der Waals surface area contributed by atoms with Gasteiger partial charge in [0.05, 0.1) is 18.2 Å². The summed E-state index contributed by atoms with van der Waals surface area (Å²) in [5.41, 5.74) is 6.58. The Morgan fingerprint density at radius 3 is 2.23 bits per heavy atom. The van der Waals surface area contributed by atoms with Crippen LogP contribution in [0.5, 0.6) is 5.75 Å². The van der Waals surface area contributed by atoms with Crippen molar-refractivity contribution in [3.8, 4) is 5.75 Å². The van der Waals surface area contributed by atoms with Crippen LogP contribution in [-0.4, -0.2) is 36.1 Å². The van der Waals surface area contributed by atoms with Crippen LogP contribution in [0.15, 0.2) is 42.0 Å². The number of methoxy groups -OCH3 is 1. The summed E-state index contributed by atoms with van der Waals surface area (Å²) in [6.07, 6.45) is -7.98. The molecule has 5 nitrogen and oxygen atoms in total. The van der Waals surface area contributed by atoms with E-state index in [9.17, 15) is 31.4 Å². The van der Waals surface area contributed by atoms with Crippen molar-refractivity contribution < 1.29 is 40.9 Å². The normalized spacial score (nSPS) is 25.4. The second kappa shape index (κ2) is 9.71. The first-order valence-corrected chi connectivity index (χ1v) is 12.7. The average Bonchev–Trinajstić information content (AvgIpc) is 3.55. The van der Waals surface area contributed by atoms with Crippen LogP contribution in [0.25, 0.3) is 5.57 Å². The van der Waals surface area contributed by atoms with Gasteiger partial charge in [0.25, 0.3) is 0 Å². The minimum absolute atomic E-state index is 0.0878. The lowest BCUT2D eigenvalue weighted by molar-refractivity contribution is -0.150. The molecular weight excluding hydrogens is 526 g/mol. The predicted octanol–water partition coefficient (Wildman–Crippen LogP) is 6.77. The third-order valence-corrected chi connectivity index (χ3v) is 8.25. The van der Waals surface area contributed by atoms with E-state index in [4.69, 9.17) is 15.2 Å². The van der Waals surface area contributed by atoms with E-state index in [-0.39, 0.29) is 23.6 Å². The predicted molar refractivity (Wildman–Crippen MR) is 132 cm³/mol. The molecule has 1 unspecified atom stereocenters. The molecule has 1 saturated carbocycles. The number of allylic oxidation sites excluding steroid dienone is 1. The summed E-state index contributed by atoms with van der Waals surface area (Å²) in [6.45, 7) is 1.87. The molecule has 1 saturated heterocycles. The number of rotatable bonds is 5. The van der Waals surface area contributed by atoms with Crippen molar-refractivity contribution in [3.63, 3.8) is 0 Å². The molecule has 0 aromatic heterocycles. The summed E-state index contributed by atoms with van der Waals surface area (Å²) < 4.78 is 91.9. The quantitative estimate of drug-likeness (QED) is 0.314. The number of aliphatic hydroxyl groups excluding tert-OH is 1. The van der Waals surface area contributed by atoms with Crippen LogP contribution < -0.4 is 10.5 Å². The van der Waals surface area contributed by atoms with Crippen molar-refractivity contribution in [2.24, 2.45) is 5.41 Å². The Morgan fingerprint density at radius 1 is 1.03 bits per heavy atom. The third-order valence-electron chi connectivity index (χ3n) is 8.25. The maximum atomic E-state index is 13.5. The number of benzene rings is 2. The van der Waals surface area contributed by atoms with Gasteiger partial charge in [0, 0.05) is 23.8 Å². The Balaban J connectivity index is 1.50. The summed E-state index contributed by atoms with van der Waals surface area (Å²) >= 11 is 0. The van der Waals surface area contributed by atoms with Crippen LogP contribution in [0.1, 0.15) is 67.4 Å². The zero-order valence-corrected chi connectivity index (χ0v) is 21.5. The van der Waals surface area contributed by atoms with Gasteiger partial charge in [-0.05, 0) is 92.0 Å². The minimum atomic E-state index is -4.98. The standard InChI is InChI=1S/C28H30F6N2O3/c1-15-24(16-9-18(27(29,30)31)11-19(10-16)28(32,33)34)39-25(37)36(15)14-17-13-26(7-8-26)6-5-21(17)22-12-20(35)3-4-23(22)38-2/h3-4,9-12,15,24-25,37H,5-8,13-14,35H2,1-2H3/t15-,24-,25?/m0/s1. The maximum absolute atomic E-state index is 13.5. The van der Waals surface area contributed by atoms with E-state index in [1.54, 1.807) is 31.1 Å². The monoisotopic (exact) mass is 556 g/mol. The smallest absolute Gasteiger partial charge is 0.416 e. The molecule has 0 bridgehead atoms. The van der Waals surface area contributed by atoms with E-state index in [0.717, 1.165) is 48.8 Å². The zero-order chi connectivity index (χ0) is 28.3. The van der Waals surface area contributed by atoms with Gasteiger partial charge in [-0.3, -0.25) is 0 Å². The molecule has 2 aromatic carbocycles. The minimum Gasteiger partial charge on any atom is -0.496 e. The second-order valence-corrected chi connectivity index (χ2v) is 10.9. The highest BCUT2D eigenvalue weighted by atomic mass is 19.4. The molecule has 3 N–H and O–H groups in total. The number of anilines is 1. The van der Waals surface area contributed by atoms with Crippen molar-refractivity contribution >= 4 is 11.3 Å². The van der Waals surface area contributed by atoms with E-state index in [1.165, 1.54) is 0 Å². The number of halogens is 6. The highest BCUT2D eigenvalue weighted by molar-refractivity contribution is 5.76. The van der Waals surface area contributed by atoms with Gasteiger partial charge in [0.15, 0.2) is 0 Å². The lowest BCUT2D eigenvalue weighted by atomic mass is 9.78. The fraction of sp³-hybridized carbons (Fsp3) is 0.500. The molecule has 3 atom stereocenters. The Bertz CT molecular complexity index is 1250. The lowest BCUT2D eigenvalue weighted by Crippen LogP contribution is -2.38. The van der Waals surface area contributed by atoms with E-state index in [0.29, 0.717) is 23.6 Å². The molecule has 1 spiro atoms. The Kier molecular flexibility index (Phi) is 6.92. The molecule has 1 heterocycles. The summed E-state index contributed by atoms with van der Waals surface area (Å²) in [5, 5.41) is 10.8. The molecule has 3 aliphatic rings. The number of nitrogen functional groups attached to an aromatic ring is 1. The van der Waals surface area contributed by atoms with Crippen molar-refractivity contribution in [1.82, 2.24) is 4.90 Å². The SMILES string of the molecule is COc1ccc(N)cc1C1=C(CN2C(O)O[C@H](c3cc(C(F)(F)F)cc(C(F)(F)F)c3)[C@@H]2C)CC2(CC1)CC2. The number of ether oxygens (including phenoxy) is 2. The molecule has 39 heavy (non-hydrogen) atoms. The Morgan fingerprint density at radius 2 is 1.67 bits per heavy atom. The molecule has 0 radical (unpaired) electrons. The molecule has 1 aliphatic heterocycles. The fourth-order valence-electron chi connectivity index (χ4n) is 5.90. The highest BCUT2D eigenvalue weighted by Crippen LogP contribution is 2.59. The van der Waals surface area contributed by atoms with Gasteiger partial charge in [0.2, 0.25) is 6.41 Å². The molecule has 2 aromatic rings. The number of hydrogen-bond acceptors (Lipinski definition) is 5. The van der Waals surface area contributed by atoms with E-state index >= 15 is 0 Å². The largest absolute Gasteiger partial charge is 0.496 e. The fourth-order valence-corrected chi connectivity index (χ4v) is 5.90. The van der Waals surface area contributed by atoms with Gasteiger partial charge in [-0.25, -0.2) is 4.90 Å². The van der Waals surface area contributed by atoms with Crippen LogP contribution in [-0.2, 0) is 17.1 Å². The van der Waals surface area contributed by atoms with E-state index in [2.05, 4.69) is 0 Å². The summed E-state index contributed by atoms with van der Waals surface area (Å²) in [5.74, 6) is 0.649. The van der Waals surface area contributed by atoms with Gasteiger partial charge in [-0.15, -0.1) is 0 Å². The van der Waals surface area contributed by atoms with Gasteiger partial charge in [-0.1, -0.05) is 5.57 Å². The van der Waals surface area contributed by atoms with Crippen LogP contribution in [0.2, 0.25) is 0 Å². The third kappa shape index (κ3) is 5.49. The molecule has 11 heteroatoms. The first-order chi connectivity index (χ1) is 18.2. The Hall–Kier alpha value is -2.76. The molecule has 212 valence electrons. The number of alkyl halides is 6. The van der Waals surface area contributed by atoms with Gasteiger partial charge >= 0.3 is 12.4 Å². The molecule has 2 fully saturated rings. The maximum Gasteiger partial charge on any atom is 0.416 e. The van der Waals surface area contributed by atoms with Crippen molar-refractivity contribution in [3.05, 3.63) is 64.2 Å². The molecular formula is C28H30F6N2O3. The number of nitrogens with zero attached hydrogens (tertiary/aromatic N) is 1. The van der Waals surface area contributed by atoms with Crippen molar-refractivity contribution in [2.75, 3.05) is 19.4 Å². The van der Waals surface area contributed by atoms with Crippen LogP contribution in [0, 0.1) is 5.41 Å². The first kappa shape index (κ1) is 27.8. The van der Waals surface area contributed by atoms with E-state index < -0.39 is 42.0 Å². The number of hydrogen-bond donors (Lipinski definition) is 2. The van der Waals surface area contributed by atoms with E-state index in [1.807, 2.05) is 6.07 Å². The average molecular weight is 557 g/mol. The van der Waals surface area contributed by atoms with Crippen molar-refractivity contribution in [2.45, 2.75) is 69.9 Å². The second-order valence-electron chi connectivity index (χ2n) is 10.9. The van der Waals surface area contributed by atoms with Crippen molar-refractivity contribution in [1.29, 1.82) is 0 Å². The lowest BCUT2D eigenvalue weighted by Gasteiger charge is -2.32.